The van der Waals surface area contributed by atoms with Crippen LogP contribution in [0, 0.1) is 22.0 Å². The van der Waals surface area contributed by atoms with E-state index in [0.717, 1.165) is 33.3 Å². The van der Waals surface area contributed by atoms with Crippen LogP contribution in [-0.2, 0) is 23.9 Å². The van der Waals surface area contributed by atoms with E-state index in [-0.39, 0.29) is 11.3 Å². The Kier molecular flexibility index (Phi) is 6.92. The van der Waals surface area contributed by atoms with E-state index < -0.39 is 46.7 Å². The summed E-state index contributed by atoms with van der Waals surface area (Å²) in [6.07, 6.45) is -0.442. The van der Waals surface area contributed by atoms with Gasteiger partial charge in [-0.25, -0.2) is 0 Å². The van der Waals surface area contributed by atoms with Crippen LogP contribution in [0.2, 0.25) is 0 Å². The average molecular weight is 351 g/mol. The van der Waals surface area contributed by atoms with Crippen LogP contribution >= 0.6 is 0 Å². The number of non-ortho nitro benzene ring substituents is 1. The summed E-state index contributed by atoms with van der Waals surface area (Å²) < 4.78 is 9.04. The Morgan fingerprint density at radius 2 is 1.52 bits per heavy atom. The minimum Gasteiger partial charge on any atom is -0.468 e. The van der Waals surface area contributed by atoms with Gasteiger partial charge in [0.25, 0.3) is 5.69 Å². The average Bonchev–Trinajstić information content (AvgIpc) is 2.60. The van der Waals surface area contributed by atoms with Crippen LogP contribution in [0.4, 0.5) is 5.69 Å². The number of rotatable bonds is 8. The van der Waals surface area contributed by atoms with Crippen LogP contribution in [-0.4, -0.2) is 42.6 Å². The summed E-state index contributed by atoms with van der Waals surface area (Å²) >= 11 is 0. The number of nitro benzene ring substituents is 1. The minimum absolute atomic E-state index is 0.116. The molecule has 0 heterocycles. The highest BCUT2D eigenvalue weighted by atomic mass is 16.6. The zero-order valence-electron chi connectivity index (χ0n) is 13.9. The molecule has 0 spiro atoms. The van der Waals surface area contributed by atoms with Crippen molar-refractivity contribution in [2.75, 3.05) is 14.2 Å². The maximum Gasteiger partial charge on any atom is 0.320 e. The van der Waals surface area contributed by atoms with Crippen molar-refractivity contribution < 1.29 is 33.6 Å². The molecular weight excluding hydrogens is 334 g/mol. The van der Waals surface area contributed by atoms with E-state index in [1.54, 1.807) is 0 Å². The van der Waals surface area contributed by atoms with Crippen molar-refractivity contribution >= 4 is 29.2 Å². The normalized spacial score (nSPS) is 11.5. The van der Waals surface area contributed by atoms with Gasteiger partial charge in [0.1, 0.15) is 5.78 Å². The van der Waals surface area contributed by atoms with Crippen LogP contribution in [0.3, 0.4) is 0 Å². The van der Waals surface area contributed by atoms with Crippen molar-refractivity contribution in [2.24, 2.45) is 11.8 Å². The number of hydrogen-bond acceptors (Lipinski definition) is 8. The zero-order chi connectivity index (χ0) is 19.1. The number of methoxy groups -OCH3 is 2. The zero-order valence-corrected chi connectivity index (χ0v) is 13.9. The highest BCUT2D eigenvalue weighted by molar-refractivity contribution is 6.04. The fourth-order valence-electron chi connectivity index (χ4n) is 2.26. The molecule has 1 aromatic carbocycles. The summed E-state index contributed by atoms with van der Waals surface area (Å²) in [5.74, 6) is -5.90. The largest absolute Gasteiger partial charge is 0.468 e. The third-order valence-electron chi connectivity index (χ3n) is 3.64. The highest BCUT2D eigenvalue weighted by Gasteiger charge is 2.40. The van der Waals surface area contributed by atoms with Gasteiger partial charge in [0.2, 0.25) is 0 Å². The van der Waals surface area contributed by atoms with Crippen LogP contribution < -0.4 is 0 Å². The Balaban J connectivity index is 3.08. The predicted molar refractivity (Wildman–Crippen MR) is 83.7 cm³/mol. The van der Waals surface area contributed by atoms with Gasteiger partial charge in [-0.15, -0.1) is 0 Å². The number of nitro groups is 1. The van der Waals surface area contributed by atoms with Gasteiger partial charge in [-0.3, -0.25) is 29.3 Å². The van der Waals surface area contributed by atoms with Gasteiger partial charge in [-0.05, 0) is 19.1 Å². The number of ketones is 2. The summed E-state index contributed by atoms with van der Waals surface area (Å²) in [5, 5.41) is 10.6. The molecule has 0 saturated carbocycles. The molecule has 25 heavy (non-hydrogen) atoms. The lowest BCUT2D eigenvalue weighted by Crippen LogP contribution is -2.38. The Morgan fingerprint density at radius 1 is 1.04 bits per heavy atom. The summed E-state index contributed by atoms with van der Waals surface area (Å²) in [7, 11) is 2.10. The lowest BCUT2D eigenvalue weighted by molar-refractivity contribution is -0.384. The van der Waals surface area contributed by atoms with E-state index in [1.807, 2.05) is 0 Å². The summed E-state index contributed by atoms with van der Waals surface area (Å²) in [5.41, 5.74) is -0.0769. The Labute approximate surface area is 143 Å². The lowest BCUT2D eigenvalue weighted by atomic mass is 9.83. The first-order valence-corrected chi connectivity index (χ1v) is 7.16. The van der Waals surface area contributed by atoms with Crippen LogP contribution in [0.25, 0.3) is 0 Å². The van der Waals surface area contributed by atoms with Crippen LogP contribution in [0.15, 0.2) is 24.3 Å². The first-order valence-electron chi connectivity index (χ1n) is 7.16. The third kappa shape index (κ3) is 4.93. The Bertz CT molecular complexity index is 679. The standard InChI is InChI=1S/C16H17NO8/c1-9(18)12(14(15(20)24-2)16(21)25-3)8-13(19)10-4-6-11(7-5-10)17(22)23/h4-7,12,14H,8H2,1-3H3/t12-/m1/s1. The van der Waals surface area contributed by atoms with Crippen molar-refractivity contribution in [1.82, 2.24) is 0 Å². The molecule has 1 atom stereocenters. The van der Waals surface area contributed by atoms with Crippen molar-refractivity contribution in [3.05, 3.63) is 39.9 Å². The van der Waals surface area contributed by atoms with Crippen molar-refractivity contribution in [3.8, 4) is 0 Å². The monoisotopic (exact) mass is 351 g/mol. The van der Waals surface area contributed by atoms with Crippen molar-refractivity contribution in [1.29, 1.82) is 0 Å². The molecule has 0 unspecified atom stereocenters. The van der Waals surface area contributed by atoms with E-state index in [4.69, 9.17) is 0 Å². The smallest absolute Gasteiger partial charge is 0.320 e. The number of benzene rings is 1. The molecule has 9 nitrogen and oxygen atoms in total. The maximum absolute atomic E-state index is 12.3. The number of Topliss-reactive ketones (excluding diaryl/α,β-unsaturated/α-hetero) is 2. The second kappa shape index (κ2) is 8.67. The van der Waals surface area contributed by atoms with E-state index >= 15 is 0 Å². The van der Waals surface area contributed by atoms with Gasteiger partial charge in [0.15, 0.2) is 11.7 Å². The molecule has 1 aromatic rings. The lowest BCUT2D eigenvalue weighted by Gasteiger charge is -2.20. The molecule has 0 aliphatic rings. The molecule has 0 amide bonds. The minimum atomic E-state index is -1.56. The van der Waals surface area contributed by atoms with Gasteiger partial charge in [0, 0.05) is 30.0 Å². The summed E-state index contributed by atoms with van der Waals surface area (Å²) in [6, 6.07) is 4.77. The molecule has 9 heteroatoms. The molecule has 1 rings (SSSR count). The Hall–Kier alpha value is -3.10. The van der Waals surface area contributed by atoms with Gasteiger partial charge in [0.05, 0.1) is 19.1 Å². The second-order valence-electron chi connectivity index (χ2n) is 5.17. The SMILES string of the molecule is COC(=O)C(C(=O)OC)[C@H](CC(=O)c1ccc([N+](=O)[O-])cc1)C(C)=O. The van der Waals surface area contributed by atoms with Crippen molar-refractivity contribution in [2.45, 2.75) is 13.3 Å². The highest BCUT2D eigenvalue weighted by Crippen LogP contribution is 2.23. The number of esters is 2. The number of hydrogen-bond donors (Lipinski definition) is 0. The molecule has 0 bridgehead atoms. The van der Waals surface area contributed by atoms with E-state index in [2.05, 4.69) is 9.47 Å². The fourth-order valence-corrected chi connectivity index (χ4v) is 2.26. The number of carbonyl (C=O) groups is 4. The summed E-state index contributed by atoms with van der Waals surface area (Å²) in [6.45, 7) is 1.15. The quantitative estimate of drug-likeness (QED) is 0.225. The van der Waals surface area contributed by atoms with E-state index in [9.17, 15) is 29.3 Å². The molecule has 0 radical (unpaired) electrons. The topological polar surface area (TPSA) is 130 Å². The molecule has 0 aliphatic heterocycles. The first kappa shape index (κ1) is 19.9. The molecule has 134 valence electrons. The van der Waals surface area contributed by atoms with Gasteiger partial charge in [-0.1, -0.05) is 0 Å². The van der Waals surface area contributed by atoms with Gasteiger partial charge < -0.3 is 9.47 Å². The summed E-state index contributed by atoms with van der Waals surface area (Å²) in [4.78, 5) is 57.9. The molecule has 0 N–H and O–H groups in total. The number of ether oxygens (including phenoxy) is 2. The maximum atomic E-state index is 12.3. The molecular formula is C16H17NO8. The number of nitrogens with zero attached hydrogens (tertiary/aromatic N) is 1. The second-order valence-corrected chi connectivity index (χ2v) is 5.17. The number of carbonyl (C=O) groups excluding carboxylic acids is 4. The fraction of sp³-hybridized carbons (Fsp3) is 0.375. The molecule has 0 aromatic heterocycles. The Morgan fingerprint density at radius 3 is 1.88 bits per heavy atom. The van der Waals surface area contributed by atoms with E-state index in [1.165, 1.54) is 12.1 Å². The predicted octanol–water partition coefficient (Wildman–Crippen LogP) is 1.33. The molecule has 0 fully saturated rings. The third-order valence-corrected chi connectivity index (χ3v) is 3.64. The van der Waals surface area contributed by atoms with E-state index in [0.29, 0.717) is 0 Å². The first-order chi connectivity index (χ1) is 11.7. The van der Waals surface area contributed by atoms with Gasteiger partial charge >= 0.3 is 11.9 Å². The molecule has 0 aliphatic carbocycles. The van der Waals surface area contributed by atoms with Gasteiger partial charge in [-0.2, -0.15) is 0 Å². The van der Waals surface area contributed by atoms with Crippen molar-refractivity contribution in [3.63, 3.8) is 0 Å². The van der Waals surface area contributed by atoms with Crippen LogP contribution in [0.1, 0.15) is 23.7 Å². The molecule has 0 saturated heterocycles. The van der Waals surface area contributed by atoms with Crippen LogP contribution in [0.5, 0.6) is 0 Å².